The lowest BCUT2D eigenvalue weighted by atomic mass is 10.4. The lowest BCUT2D eigenvalue weighted by Gasteiger charge is -1.97. The highest BCUT2D eigenvalue weighted by atomic mass is 32.2. The van der Waals surface area contributed by atoms with Gasteiger partial charge in [-0.05, 0) is 6.26 Å². The van der Waals surface area contributed by atoms with E-state index < -0.39 is 5.43 Å². The second kappa shape index (κ2) is 5.56. The zero-order valence-corrected chi connectivity index (χ0v) is 11.2. The Morgan fingerprint density at radius 2 is 2.24 bits per heavy atom. The Labute approximate surface area is 109 Å². The number of hydrogen-bond acceptors (Lipinski definition) is 8. The fourth-order valence-electron chi connectivity index (χ4n) is 0.990. The van der Waals surface area contributed by atoms with E-state index in [1.807, 2.05) is 6.26 Å². The molecule has 0 unspecified atom stereocenters. The first-order valence-corrected chi connectivity index (χ1v) is 7.52. The topological polar surface area (TPSA) is 76.2 Å². The molecule has 2 rings (SSSR count). The zero-order chi connectivity index (χ0) is 12.3. The van der Waals surface area contributed by atoms with Gasteiger partial charge in [-0.15, -0.1) is 10.2 Å². The number of nitrogens with zero attached hydrogens (tertiary/aromatic N) is 2. The van der Waals surface area contributed by atoms with Crippen LogP contribution in [0, 0.1) is 0 Å². The van der Waals surface area contributed by atoms with Crippen LogP contribution in [-0.2, 0) is 5.75 Å². The van der Waals surface area contributed by atoms with Gasteiger partial charge in [0.05, 0.1) is 5.75 Å². The van der Waals surface area contributed by atoms with E-state index in [0.717, 1.165) is 14.9 Å². The molecule has 90 valence electrons. The fraction of sp³-hybridized carbons (Fsp3) is 0.222. The first-order chi connectivity index (χ1) is 8.19. The van der Waals surface area contributed by atoms with Crippen LogP contribution in [0.15, 0.2) is 30.2 Å². The minimum Gasteiger partial charge on any atom is -0.502 e. The monoisotopic (exact) mass is 288 g/mol. The molecule has 2 aromatic heterocycles. The summed E-state index contributed by atoms with van der Waals surface area (Å²) in [4.78, 5) is 11.2. The molecule has 0 bridgehead atoms. The molecule has 0 aliphatic heterocycles. The third-order valence-corrected chi connectivity index (χ3v) is 4.82. The van der Waals surface area contributed by atoms with E-state index in [0.29, 0.717) is 11.5 Å². The van der Waals surface area contributed by atoms with Crippen LogP contribution < -0.4 is 5.43 Å². The molecule has 8 heteroatoms. The smallest absolute Gasteiger partial charge is 0.226 e. The molecule has 0 fully saturated rings. The normalized spacial score (nSPS) is 10.6. The highest BCUT2D eigenvalue weighted by Crippen LogP contribution is 2.29. The average Bonchev–Trinajstić information content (AvgIpc) is 2.79. The maximum absolute atomic E-state index is 11.2. The summed E-state index contributed by atoms with van der Waals surface area (Å²) in [5.74, 6) is 0.608. The van der Waals surface area contributed by atoms with E-state index >= 15 is 0 Å². The standard InChI is InChI=1S/C9H8N2O3S3/c1-15-8-10-11-9(17-8)16-4-5-2-6(12)7(13)3-14-5/h2-3,13H,4H2,1H3. The first-order valence-electron chi connectivity index (χ1n) is 4.50. The van der Waals surface area contributed by atoms with Crippen molar-refractivity contribution < 1.29 is 9.52 Å². The van der Waals surface area contributed by atoms with Gasteiger partial charge in [-0.1, -0.05) is 34.9 Å². The fourth-order valence-corrected chi connectivity index (χ4v) is 3.32. The molecule has 0 aliphatic rings. The Balaban J connectivity index is 2.02. The second-order valence-electron chi connectivity index (χ2n) is 2.92. The summed E-state index contributed by atoms with van der Waals surface area (Å²) in [5, 5.41) is 17.0. The van der Waals surface area contributed by atoms with Crippen molar-refractivity contribution in [3.8, 4) is 5.75 Å². The van der Waals surface area contributed by atoms with Crippen LogP contribution in [0.25, 0.3) is 0 Å². The molecule has 0 radical (unpaired) electrons. The summed E-state index contributed by atoms with van der Waals surface area (Å²) in [7, 11) is 0. The molecule has 2 aromatic rings. The van der Waals surface area contributed by atoms with Gasteiger partial charge >= 0.3 is 0 Å². The van der Waals surface area contributed by atoms with Gasteiger partial charge in [0.15, 0.2) is 14.4 Å². The van der Waals surface area contributed by atoms with Crippen molar-refractivity contribution >= 4 is 34.9 Å². The van der Waals surface area contributed by atoms with Gasteiger partial charge in [-0.3, -0.25) is 4.79 Å². The Kier molecular flexibility index (Phi) is 4.08. The van der Waals surface area contributed by atoms with Crippen molar-refractivity contribution in [2.45, 2.75) is 14.4 Å². The molecule has 0 atom stereocenters. The predicted molar refractivity (Wildman–Crippen MR) is 67.9 cm³/mol. The second-order valence-corrected chi connectivity index (χ2v) is 6.18. The van der Waals surface area contributed by atoms with Gasteiger partial charge in [0, 0.05) is 6.07 Å². The highest BCUT2D eigenvalue weighted by molar-refractivity contribution is 8.02. The number of thioether (sulfide) groups is 2. The number of aromatic nitrogens is 2. The summed E-state index contributed by atoms with van der Waals surface area (Å²) < 4.78 is 6.80. The van der Waals surface area contributed by atoms with Crippen LogP contribution in [-0.4, -0.2) is 21.6 Å². The summed E-state index contributed by atoms with van der Waals surface area (Å²) >= 11 is 4.48. The van der Waals surface area contributed by atoms with E-state index in [2.05, 4.69) is 10.2 Å². The van der Waals surface area contributed by atoms with Crippen molar-refractivity contribution in [3.63, 3.8) is 0 Å². The summed E-state index contributed by atoms with van der Waals surface area (Å²) in [6, 6.07) is 1.28. The molecule has 2 heterocycles. The van der Waals surface area contributed by atoms with Gasteiger partial charge in [-0.2, -0.15) is 0 Å². The third-order valence-electron chi connectivity index (χ3n) is 1.77. The van der Waals surface area contributed by atoms with E-state index in [4.69, 9.17) is 9.52 Å². The third kappa shape index (κ3) is 3.24. The summed E-state index contributed by atoms with van der Waals surface area (Å²) in [6.45, 7) is 0. The maximum atomic E-state index is 11.2. The molecule has 1 N–H and O–H groups in total. The summed E-state index contributed by atoms with van der Waals surface area (Å²) in [5.41, 5.74) is -0.436. The molecule has 0 aromatic carbocycles. The van der Waals surface area contributed by atoms with Gasteiger partial charge in [-0.25, -0.2) is 0 Å². The molecule has 0 saturated heterocycles. The van der Waals surface area contributed by atoms with Crippen molar-refractivity contribution in [1.82, 2.24) is 10.2 Å². The lowest BCUT2D eigenvalue weighted by molar-refractivity contribution is 0.419. The van der Waals surface area contributed by atoms with Crippen LogP contribution in [0.2, 0.25) is 0 Å². The van der Waals surface area contributed by atoms with Crippen LogP contribution in [0.5, 0.6) is 5.75 Å². The van der Waals surface area contributed by atoms with Gasteiger partial charge in [0.2, 0.25) is 5.43 Å². The van der Waals surface area contributed by atoms with E-state index in [1.165, 1.54) is 29.2 Å². The number of aromatic hydroxyl groups is 1. The Morgan fingerprint density at radius 3 is 2.88 bits per heavy atom. The largest absolute Gasteiger partial charge is 0.502 e. The van der Waals surface area contributed by atoms with Crippen molar-refractivity contribution in [2.75, 3.05) is 6.26 Å². The van der Waals surface area contributed by atoms with Crippen molar-refractivity contribution in [1.29, 1.82) is 0 Å². The van der Waals surface area contributed by atoms with Gasteiger partial charge in [0.25, 0.3) is 0 Å². The average molecular weight is 288 g/mol. The Hall–Kier alpha value is -0.990. The molecule has 0 aliphatic carbocycles. The van der Waals surface area contributed by atoms with E-state index in [-0.39, 0.29) is 5.75 Å². The van der Waals surface area contributed by atoms with Gasteiger partial charge < -0.3 is 9.52 Å². The quantitative estimate of drug-likeness (QED) is 0.864. The zero-order valence-electron chi connectivity index (χ0n) is 8.74. The Bertz CT molecular complexity index is 567. The minimum absolute atomic E-state index is 0.376. The molecular formula is C9H8N2O3S3. The molecule has 0 saturated carbocycles. The first kappa shape index (κ1) is 12.5. The van der Waals surface area contributed by atoms with Crippen LogP contribution in [0.3, 0.4) is 0 Å². The molecule has 5 nitrogen and oxygen atoms in total. The maximum Gasteiger partial charge on any atom is 0.226 e. The highest BCUT2D eigenvalue weighted by Gasteiger charge is 2.06. The minimum atomic E-state index is -0.436. The molecular weight excluding hydrogens is 280 g/mol. The number of rotatable bonds is 4. The van der Waals surface area contributed by atoms with Crippen molar-refractivity contribution in [2.24, 2.45) is 0 Å². The predicted octanol–water partition coefficient (Wildman–Crippen LogP) is 2.21. The molecule has 0 spiro atoms. The van der Waals surface area contributed by atoms with E-state index in [1.54, 1.807) is 11.8 Å². The van der Waals surface area contributed by atoms with E-state index in [9.17, 15) is 4.79 Å². The van der Waals surface area contributed by atoms with Crippen molar-refractivity contribution in [3.05, 3.63) is 28.3 Å². The summed E-state index contributed by atoms with van der Waals surface area (Å²) in [6.07, 6.45) is 2.99. The Morgan fingerprint density at radius 1 is 1.47 bits per heavy atom. The number of hydrogen-bond donors (Lipinski definition) is 1. The molecule has 17 heavy (non-hydrogen) atoms. The van der Waals surface area contributed by atoms with Gasteiger partial charge in [0.1, 0.15) is 12.0 Å². The SMILES string of the molecule is CSc1nnc(SCc2cc(=O)c(O)co2)s1. The van der Waals surface area contributed by atoms with Crippen LogP contribution in [0.1, 0.15) is 5.76 Å². The molecule has 0 amide bonds. The lowest BCUT2D eigenvalue weighted by Crippen LogP contribution is -1.98. The van der Waals surface area contributed by atoms with Crippen LogP contribution in [0.4, 0.5) is 0 Å². The van der Waals surface area contributed by atoms with Crippen LogP contribution >= 0.6 is 34.9 Å².